The van der Waals surface area contributed by atoms with Crippen molar-refractivity contribution in [3.05, 3.63) is 0 Å². The summed E-state index contributed by atoms with van der Waals surface area (Å²) in [5.74, 6) is 0.306. The van der Waals surface area contributed by atoms with Crippen LogP contribution in [0.2, 0.25) is 0 Å². The van der Waals surface area contributed by atoms with Gasteiger partial charge in [0, 0.05) is 26.2 Å². The molecular weight excluding hydrogens is 248 g/mol. The highest BCUT2D eigenvalue weighted by Crippen LogP contribution is 2.21. The number of amidine groups is 1. The minimum atomic E-state index is -0.259. The van der Waals surface area contributed by atoms with E-state index >= 15 is 0 Å². The number of rotatable bonds is 3. The second-order valence-electron chi connectivity index (χ2n) is 5.21. The van der Waals surface area contributed by atoms with E-state index in [2.05, 4.69) is 10.1 Å². The first-order valence-corrected chi connectivity index (χ1v) is 6.73. The average molecular weight is 270 g/mol. The number of piperazine rings is 1. The molecule has 0 aromatic carbocycles. The van der Waals surface area contributed by atoms with Crippen LogP contribution < -0.4 is 5.73 Å². The molecule has 2 aliphatic heterocycles. The second-order valence-corrected chi connectivity index (χ2v) is 5.21. The molecule has 2 saturated heterocycles. The molecule has 0 aliphatic carbocycles. The van der Waals surface area contributed by atoms with Crippen LogP contribution in [-0.4, -0.2) is 71.7 Å². The summed E-state index contributed by atoms with van der Waals surface area (Å²) in [7, 11) is 0. The number of hydrogen-bond donors (Lipinski definition) is 2. The largest absolute Gasteiger partial charge is 0.409 e. The van der Waals surface area contributed by atoms with Gasteiger partial charge >= 0.3 is 0 Å². The van der Waals surface area contributed by atoms with E-state index in [1.807, 2.05) is 11.8 Å². The molecule has 19 heavy (non-hydrogen) atoms. The standard InChI is InChI=1S/C12H22N4O3/c1-9-2-3-10(19-9)12(17)16-6-4-15(5-7-16)8-11(13)14-18/h9-10,18H,2-8H2,1H3,(H2,13,14). The molecule has 0 radical (unpaired) electrons. The van der Waals surface area contributed by atoms with Crippen LogP contribution in [0.4, 0.5) is 0 Å². The third kappa shape index (κ3) is 3.57. The summed E-state index contributed by atoms with van der Waals surface area (Å²) in [6.45, 7) is 5.27. The zero-order chi connectivity index (χ0) is 13.8. The Morgan fingerprint density at radius 2 is 2.05 bits per heavy atom. The van der Waals surface area contributed by atoms with Crippen molar-refractivity contribution in [2.75, 3.05) is 32.7 Å². The van der Waals surface area contributed by atoms with Crippen molar-refractivity contribution >= 4 is 11.7 Å². The molecule has 108 valence electrons. The maximum absolute atomic E-state index is 12.2. The first-order valence-electron chi connectivity index (χ1n) is 6.73. The van der Waals surface area contributed by atoms with E-state index in [1.54, 1.807) is 0 Å². The molecular formula is C12H22N4O3. The van der Waals surface area contributed by atoms with Crippen LogP contribution in [0.5, 0.6) is 0 Å². The van der Waals surface area contributed by atoms with Gasteiger partial charge in [0.1, 0.15) is 6.10 Å². The Morgan fingerprint density at radius 3 is 2.58 bits per heavy atom. The molecule has 0 aromatic rings. The first kappa shape index (κ1) is 14.1. The normalized spacial score (nSPS) is 29.7. The Balaban J connectivity index is 1.78. The lowest BCUT2D eigenvalue weighted by Gasteiger charge is -2.35. The topological polar surface area (TPSA) is 91.4 Å². The Hall–Kier alpha value is -1.34. The molecule has 3 N–H and O–H groups in total. The molecule has 2 atom stereocenters. The number of carbonyl (C=O) groups is 1. The van der Waals surface area contributed by atoms with Crippen molar-refractivity contribution < 1.29 is 14.7 Å². The SMILES string of the molecule is CC1CCC(C(=O)N2CCN(CC(N)=NO)CC2)O1. The summed E-state index contributed by atoms with van der Waals surface area (Å²) in [4.78, 5) is 16.1. The van der Waals surface area contributed by atoms with Crippen molar-refractivity contribution in [2.45, 2.75) is 32.0 Å². The minimum Gasteiger partial charge on any atom is -0.409 e. The van der Waals surface area contributed by atoms with Crippen molar-refractivity contribution in [3.63, 3.8) is 0 Å². The van der Waals surface area contributed by atoms with E-state index in [9.17, 15) is 4.79 Å². The Labute approximate surface area is 113 Å². The predicted molar refractivity (Wildman–Crippen MR) is 70.0 cm³/mol. The number of ether oxygens (including phenoxy) is 1. The van der Waals surface area contributed by atoms with Gasteiger partial charge in [-0.05, 0) is 19.8 Å². The van der Waals surface area contributed by atoms with Crippen LogP contribution >= 0.6 is 0 Å². The van der Waals surface area contributed by atoms with Crippen LogP contribution in [0.1, 0.15) is 19.8 Å². The smallest absolute Gasteiger partial charge is 0.251 e. The Bertz CT molecular complexity index is 353. The summed E-state index contributed by atoms with van der Waals surface area (Å²) in [5.41, 5.74) is 5.47. The lowest BCUT2D eigenvalue weighted by atomic mass is 10.2. The molecule has 7 nitrogen and oxygen atoms in total. The average Bonchev–Trinajstić information content (AvgIpc) is 2.85. The van der Waals surface area contributed by atoms with Crippen molar-refractivity contribution in [2.24, 2.45) is 10.9 Å². The summed E-state index contributed by atoms with van der Waals surface area (Å²) in [5, 5.41) is 11.5. The molecule has 0 saturated carbocycles. The number of nitrogens with zero attached hydrogens (tertiary/aromatic N) is 3. The Kier molecular flexibility index (Phi) is 4.60. The molecule has 0 spiro atoms. The molecule has 2 heterocycles. The number of oxime groups is 1. The van der Waals surface area contributed by atoms with Gasteiger partial charge in [-0.3, -0.25) is 9.69 Å². The summed E-state index contributed by atoms with van der Waals surface area (Å²) >= 11 is 0. The van der Waals surface area contributed by atoms with Crippen LogP contribution in [0.15, 0.2) is 5.16 Å². The van der Waals surface area contributed by atoms with Gasteiger partial charge < -0.3 is 20.6 Å². The zero-order valence-electron chi connectivity index (χ0n) is 11.3. The number of amides is 1. The summed E-state index contributed by atoms with van der Waals surface area (Å²) < 4.78 is 5.61. The summed E-state index contributed by atoms with van der Waals surface area (Å²) in [6.07, 6.45) is 1.71. The predicted octanol–water partition coefficient (Wildman–Crippen LogP) is -0.555. The maximum atomic E-state index is 12.2. The van der Waals surface area contributed by atoms with E-state index in [-0.39, 0.29) is 24.0 Å². The van der Waals surface area contributed by atoms with E-state index in [1.165, 1.54) is 0 Å². The monoisotopic (exact) mass is 270 g/mol. The van der Waals surface area contributed by atoms with Gasteiger partial charge in [0.2, 0.25) is 0 Å². The molecule has 2 rings (SSSR count). The lowest BCUT2D eigenvalue weighted by Crippen LogP contribution is -2.52. The third-order valence-corrected chi connectivity index (χ3v) is 3.71. The quantitative estimate of drug-likeness (QED) is 0.310. The third-order valence-electron chi connectivity index (χ3n) is 3.71. The number of hydrogen-bond acceptors (Lipinski definition) is 5. The zero-order valence-corrected chi connectivity index (χ0v) is 11.3. The van der Waals surface area contributed by atoms with Crippen LogP contribution in [0, 0.1) is 0 Å². The van der Waals surface area contributed by atoms with E-state index in [4.69, 9.17) is 15.7 Å². The fourth-order valence-electron chi connectivity index (χ4n) is 2.57. The molecule has 2 unspecified atom stereocenters. The first-order chi connectivity index (χ1) is 9.10. The Morgan fingerprint density at radius 1 is 1.37 bits per heavy atom. The summed E-state index contributed by atoms with van der Waals surface area (Å²) in [6, 6.07) is 0. The molecule has 0 aromatic heterocycles. The minimum absolute atomic E-state index is 0.104. The van der Waals surface area contributed by atoms with Gasteiger partial charge in [-0.2, -0.15) is 0 Å². The lowest BCUT2D eigenvalue weighted by molar-refractivity contribution is -0.144. The molecule has 2 fully saturated rings. The molecule has 2 aliphatic rings. The molecule has 7 heteroatoms. The van der Waals surface area contributed by atoms with Gasteiger partial charge in [-0.25, -0.2) is 0 Å². The maximum Gasteiger partial charge on any atom is 0.251 e. The van der Waals surface area contributed by atoms with Gasteiger partial charge in [0.05, 0.1) is 12.6 Å². The highest BCUT2D eigenvalue weighted by Gasteiger charge is 2.32. The number of carbonyl (C=O) groups excluding carboxylic acids is 1. The van der Waals surface area contributed by atoms with Crippen LogP contribution in [0.3, 0.4) is 0 Å². The highest BCUT2D eigenvalue weighted by atomic mass is 16.5. The highest BCUT2D eigenvalue weighted by molar-refractivity contribution is 5.82. The van der Waals surface area contributed by atoms with Crippen molar-refractivity contribution in [1.29, 1.82) is 0 Å². The van der Waals surface area contributed by atoms with E-state index in [0.717, 1.165) is 25.9 Å². The van der Waals surface area contributed by atoms with Gasteiger partial charge in [0.15, 0.2) is 5.84 Å². The van der Waals surface area contributed by atoms with Gasteiger partial charge in [-0.1, -0.05) is 5.16 Å². The van der Waals surface area contributed by atoms with Crippen molar-refractivity contribution in [1.82, 2.24) is 9.80 Å². The fourth-order valence-corrected chi connectivity index (χ4v) is 2.57. The molecule has 0 bridgehead atoms. The van der Waals surface area contributed by atoms with E-state index in [0.29, 0.717) is 19.6 Å². The van der Waals surface area contributed by atoms with Crippen molar-refractivity contribution in [3.8, 4) is 0 Å². The van der Waals surface area contributed by atoms with Crippen LogP contribution in [0.25, 0.3) is 0 Å². The van der Waals surface area contributed by atoms with Crippen LogP contribution in [-0.2, 0) is 9.53 Å². The second kappa shape index (κ2) is 6.21. The van der Waals surface area contributed by atoms with Gasteiger partial charge in [-0.15, -0.1) is 0 Å². The fraction of sp³-hybridized carbons (Fsp3) is 0.833. The van der Waals surface area contributed by atoms with Gasteiger partial charge in [0.25, 0.3) is 5.91 Å². The van der Waals surface area contributed by atoms with E-state index < -0.39 is 0 Å². The number of nitrogens with two attached hydrogens (primary N) is 1. The molecule has 1 amide bonds.